The van der Waals surface area contributed by atoms with Crippen molar-refractivity contribution in [3.8, 4) is 0 Å². The van der Waals surface area contributed by atoms with Crippen LogP contribution in [0.5, 0.6) is 0 Å². The Labute approximate surface area is 97.6 Å². The van der Waals surface area contributed by atoms with E-state index in [0.29, 0.717) is 0 Å². The number of methoxy groups -OCH3 is 1. The van der Waals surface area contributed by atoms with Gasteiger partial charge in [-0.3, -0.25) is 4.79 Å². The number of nitrogens with zero attached hydrogens (tertiary/aromatic N) is 3. The monoisotopic (exact) mass is 242 g/mol. The second-order valence-corrected chi connectivity index (χ2v) is 3.33. The lowest BCUT2D eigenvalue weighted by atomic mass is 10.2. The topological polar surface area (TPSA) is 106 Å². The van der Waals surface area contributed by atoms with Gasteiger partial charge in [0.25, 0.3) is 0 Å². The van der Waals surface area contributed by atoms with Crippen molar-refractivity contribution in [1.29, 1.82) is 0 Å². The third kappa shape index (κ3) is 4.60. The fourth-order valence-corrected chi connectivity index (χ4v) is 1.19. The smallest absolute Gasteiger partial charge is 0.326 e. The van der Waals surface area contributed by atoms with E-state index in [0.717, 1.165) is 0 Å². The first-order valence-electron chi connectivity index (χ1n) is 4.97. The Balaban J connectivity index is 2.43. The van der Waals surface area contributed by atoms with E-state index in [-0.39, 0.29) is 19.6 Å². The van der Waals surface area contributed by atoms with Gasteiger partial charge in [0.1, 0.15) is 25.2 Å². The van der Waals surface area contributed by atoms with E-state index in [1.54, 1.807) is 0 Å². The minimum Gasteiger partial charge on any atom is -0.480 e. The van der Waals surface area contributed by atoms with Crippen LogP contribution in [0.3, 0.4) is 0 Å². The summed E-state index contributed by atoms with van der Waals surface area (Å²) in [7, 11) is 1.47. The molecule has 0 aliphatic heterocycles. The number of aromatic nitrogens is 3. The number of aliphatic carboxylic acids is 1. The lowest BCUT2D eigenvalue weighted by Gasteiger charge is -2.13. The van der Waals surface area contributed by atoms with Crippen molar-refractivity contribution in [3.63, 3.8) is 0 Å². The number of hydrogen-bond donors (Lipinski definition) is 2. The van der Waals surface area contributed by atoms with Crippen molar-refractivity contribution in [3.05, 3.63) is 12.7 Å². The third-order valence-electron chi connectivity index (χ3n) is 2.02. The van der Waals surface area contributed by atoms with Gasteiger partial charge in [0.2, 0.25) is 5.91 Å². The molecular formula is C9H14N4O4. The molecule has 1 rings (SSSR count). The summed E-state index contributed by atoms with van der Waals surface area (Å²) in [5, 5.41) is 15.0. The number of nitrogens with one attached hydrogen (secondary N) is 1. The van der Waals surface area contributed by atoms with Crippen LogP contribution in [0.4, 0.5) is 0 Å². The molecule has 0 radical (unpaired) electrons. The molecule has 1 atom stereocenters. The highest BCUT2D eigenvalue weighted by Gasteiger charge is 2.19. The van der Waals surface area contributed by atoms with Crippen LogP contribution >= 0.6 is 0 Å². The number of carbonyl (C=O) groups excluding carboxylic acids is 1. The maximum atomic E-state index is 11.5. The Hall–Kier alpha value is -1.96. The Morgan fingerprint density at radius 3 is 2.88 bits per heavy atom. The van der Waals surface area contributed by atoms with Gasteiger partial charge in [-0.25, -0.2) is 14.5 Å². The SMILES string of the molecule is COCCC(NC(=O)Cn1cncn1)C(=O)O. The number of rotatable bonds is 7. The maximum absolute atomic E-state index is 11.5. The van der Waals surface area contributed by atoms with Crippen molar-refractivity contribution in [2.75, 3.05) is 13.7 Å². The van der Waals surface area contributed by atoms with Gasteiger partial charge in [-0.2, -0.15) is 5.10 Å². The van der Waals surface area contributed by atoms with Crippen LogP contribution in [0, 0.1) is 0 Å². The van der Waals surface area contributed by atoms with E-state index in [1.807, 2.05) is 0 Å². The van der Waals surface area contributed by atoms with Crippen LogP contribution < -0.4 is 5.32 Å². The molecule has 1 aromatic rings. The molecule has 0 saturated carbocycles. The predicted octanol–water partition coefficient (Wildman–Crippen LogP) is -1.12. The molecule has 0 bridgehead atoms. The minimum atomic E-state index is -1.09. The first-order chi connectivity index (χ1) is 8.13. The summed E-state index contributed by atoms with van der Waals surface area (Å²) in [6.07, 6.45) is 2.90. The van der Waals surface area contributed by atoms with Gasteiger partial charge in [0.05, 0.1) is 0 Å². The number of hydrogen-bond acceptors (Lipinski definition) is 5. The highest BCUT2D eigenvalue weighted by molar-refractivity contribution is 5.83. The molecule has 94 valence electrons. The summed E-state index contributed by atoms with van der Waals surface area (Å²) in [5.74, 6) is -1.52. The van der Waals surface area contributed by atoms with Gasteiger partial charge in [0, 0.05) is 20.1 Å². The van der Waals surface area contributed by atoms with E-state index >= 15 is 0 Å². The van der Waals surface area contributed by atoms with Gasteiger partial charge in [-0.15, -0.1) is 0 Å². The third-order valence-corrected chi connectivity index (χ3v) is 2.02. The number of carboxylic acid groups (broad SMARTS) is 1. The predicted molar refractivity (Wildman–Crippen MR) is 56.1 cm³/mol. The maximum Gasteiger partial charge on any atom is 0.326 e. The van der Waals surface area contributed by atoms with Crippen LogP contribution in [0.1, 0.15) is 6.42 Å². The second-order valence-electron chi connectivity index (χ2n) is 3.33. The van der Waals surface area contributed by atoms with Crippen molar-refractivity contribution >= 4 is 11.9 Å². The molecule has 0 spiro atoms. The normalized spacial score (nSPS) is 12.1. The number of ether oxygens (including phenoxy) is 1. The molecule has 17 heavy (non-hydrogen) atoms. The Morgan fingerprint density at radius 2 is 2.35 bits per heavy atom. The van der Waals surface area contributed by atoms with E-state index < -0.39 is 17.9 Å². The molecule has 1 heterocycles. The van der Waals surface area contributed by atoms with Gasteiger partial charge in [0.15, 0.2) is 0 Å². The fraction of sp³-hybridized carbons (Fsp3) is 0.556. The van der Waals surface area contributed by atoms with Crippen molar-refractivity contribution in [1.82, 2.24) is 20.1 Å². The zero-order chi connectivity index (χ0) is 12.7. The number of carboxylic acids is 1. The van der Waals surface area contributed by atoms with Crippen LogP contribution in [-0.2, 0) is 20.9 Å². The highest BCUT2D eigenvalue weighted by Crippen LogP contribution is 1.94. The van der Waals surface area contributed by atoms with E-state index in [4.69, 9.17) is 9.84 Å². The van der Waals surface area contributed by atoms with Gasteiger partial charge < -0.3 is 15.2 Å². The lowest BCUT2D eigenvalue weighted by molar-refractivity contribution is -0.142. The first-order valence-corrected chi connectivity index (χ1v) is 4.97. The second kappa shape index (κ2) is 6.59. The Bertz CT molecular complexity index is 365. The zero-order valence-electron chi connectivity index (χ0n) is 9.37. The van der Waals surface area contributed by atoms with E-state index in [9.17, 15) is 9.59 Å². The molecule has 1 unspecified atom stereocenters. The molecule has 0 aromatic carbocycles. The molecule has 0 aliphatic rings. The van der Waals surface area contributed by atoms with Gasteiger partial charge in [-0.1, -0.05) is 0 Å². The van der Waals surface area contributed by atoms with Crippen LogP contribution in [0.15, 0.2) is 12.7 Å². The van der Waals surface area contributed by atoms with Crippen molar-refractivity contribution in [2.45, 2.75) is 19.0 Å². The minimum absolute atomic E-state index is 0.0588. The summed E-state index contributed by atoms with van der Waals surface area (Å²) in [5.41, 5.74) is 0. The summed E-state index contributed by atoms with van der Waals surface area (Å²) in [6.45, 7) is 0.206. The summed E-state index contributed by atoms with van der Waals surface area (Å²) < 4.78 is 6.08. The average Bonchev–Trinajstić information content (AvgIpc) is 2.76. The summed E-state index contributed by atoms with van der Waals surface area (Å²) in [6, 6.07) is -0.953. The van der Waals surface area contributed by atoms with Gasteiger partial charge in [-0.05, 0) is 0 Å². The van der Waals surface area contributed by atoms with Crippen molar-refractivity contribution in [2.24, 2.45) is 0 Å². The largest absolute Gasteiger partial charge is 0.480 e. The Morgan fingerprint density at radius 1 is 1.59 bits per heavy atom. The molecular weight excluding hydrogens is 228 g/mol. The van der Waals surface area contributed by atoms with Crippen LogP contribution in [0.2, 0.25) is 0 Å². The average molecular weight is 242 g/mol. The molecule has 1 aromatic heterocycles. The standard InChI is InChI=1S/C9H14N4O4/c1-17-3-2-7(9(15)16)12-8(14)4-13-6-10-5-11-13/h5-7H,2-4H2,1H3,(H,12,14)(H,15,16). The quantitative estimate of drug-likeness (QED) is 0.627. The van der Waals surface area contributed by atoms with Crippen LogP contribution in [-0.4, -0.2) is 51.5 Å². The fourth-order valence-electron chi connectivity index (χ4n) is 1.19. The molecule has 0 fully saturated rings. The highest BCUT2D eigenvalue weighted by atomic mass is 16.5. The summed E-state index contributed by atoms with van der Waals surface area (Å²) in [4.78, 5) is 26.0. The molecule has 8 nitrogen and oxygen atoms in total. The Kier molecular flexibility index (Phi) is 5.08. The number of carbonyl (C=O) groups is 2. The molecule has 8 heteroatoms. The van der Waals surface area contributed by atoms with E-state index in [1.165, 1.54) is 24.4 Å². The first kappa shape index (κ1) is 13.1. The lowest BCUT2D eigenvalue weighted by Crippen LogP contribution is -2.43. The van der Waals surface area contributed by atoms with Crippen LogP contribution in [0.25, 0.3) is 0 Å². The van der Waals surface area contributed by atoms with E-state index in [2.05, 4.69) is 15.4 Å². The molecule has 0 aliphatic carbocycles. The van der Waals surface area contributed by atoms with Gasteiger partial charge >= 0.3 is 5.97 Å². The van der Waals surface area contributed by atoms with Crippen molar-refractivity contribution < 1.29 is 19.4 Å². The summed E-state index contributed by atoms with van der Waals surface area (Å²) >= 11 is 0. The molecule has 0 saturated heterocycles. The number of amides is 1. The zero-order valence-corrected chi connectivity index (χ0v) is 9.37. The molecule has 1 amide bonds. The molecule has 2 N–H and O–H groups in total.